The van der Waals surface area contributed by atoms with Crippen molar-refractivity contribution in [2.45, 2.75) is 65.2 Å². The van der Waals surface area contributed by atoms with Crippen LogP contribution in [0.5, 0.6) is 0 Å². The zero-order chi connectivity index (χ0) is 14.8. The van der Waals surface area contributed by atoms with Crippen molar-refractivity contribution in [3.05, 3.63) is 42.0 Å². The SMILES string of the molecule is Br.Br.Br.CCCCC1=[C]([Zr])CC=C1.CCCCC1=[C]([Zr])CC=C1.Cl.Cl.Cl. The molecule has 0 nitrogen and oxygen atoms in total. The number of unbranched alkanes of at least 4 members (excludes halogenated alkanes) is 2. The second kappa shape index (κ2) is 28.0. The molecule has 0 aromatic rings. The standard InChI is InChI=1S/2C9H13.3BrH.3ClH.2Zr/c2*1-2-3-6-9-7-4-5-8-9;;;;;;;;/h2*4,7H,2-3,5-6H2,1H3;6*1H;;. The van der Waals surface area contributed by atoms with Gasteiger partial charge in [0.25, 0.3) is 0 Å². The molecule has 2 aliphatic rings. The maximum absolute atomic E-state index is 2.31. The van der Waals surface area contributed by atoms with Crippen molar-refractivity contribution >= 4 is 88.2 Å². The number of rotatable bonds is 6. The van der Waals surface area contributed by atoms with Crippen LogP contribution in [0.4, 0.5) is 0 Å². The van der Waals surface area contributed by atoms with Gasteiger partial charge in [-0.1, -0.05) is 0 Å². The number of hydrogen-bond donors (Lipinski definition) is 0. The summed E-state index contributed by atoms with van der Waals surface area (Å²) in [5.74, 6) is 0. The molecule has 0 aromatic heterocycles. The van der Waals surface area contributed by atoms with Crippen LogP contribution < -0.4 is 0 Å². The van der Waals surface area contributed by atoms with Gasteiger partial charge >= 0.3 is 157 Å². The van der Waals surface area contributed by atoms with E-state index in [9.17, 15) is 0 Å². The summed E-state index contributed by atoms with van der Waals surface area (Å²) in [5.41, 5.74) is 3.25. The summed E-state index contributed by atoms with van der Waals surface area (Å²) in [6.45, 7) is 4.50. The summed E-state index contributed by atoms with van der Waals surface area (Å²) in [4.78, 5) is 0. The predicted molar refractivity (Wildman–Crippen MR) is 133 cm³/mol. The molecule has 0 saturated heterocycles. The van der Waals surface area contributed by atoms with E-state index in [2.05, 4.69) is 38.2 Å². The second-order valence-electron chi connectivity index (χ2n) is 5.43. The first-order valence-electron chi connectivity index (χ1n) is 7.89. The predicted octanol–water partition coefficient (Wildman–Crippen LogP) is 8.87. The van der Waals surface area contributed by atoms with E-state index >= 15 is 0 Å². The Morgan fingerprint density at radius 2 is 1.00 bits per heavy atom. The molecule has 0 fully saturated rings. The summed E-state index contributed by atoms with van der Waals surface area (Å²) in [6.07, 6.45) is 19.6. The van der Waals surface area contributed by atoms with Gasteiger partial charge in [0.15, 0.2) is 0 Å². The van der Waals surface area contributed by atoms with Crippen LogP contribution in [0.25, 0.3) is 0 Å². The molecule has 0 atom stereocenters. The Kier molecular flexibility index (Phi) is 46.4. The maximum atomic E-state index is 2.31. The van der Waals surface area contributed by atoms with Crippen molar-refractivity contribution in [2.75, 3.05) is 0 Å². The minimum absolute atomic E-state index is 0. The van der Waals surface area contributed by atoms with Crippen molar-refractivity contribution in [1.29, 1.82) is 0 Å². The Morgan fingerprint density at radius 1 is 0.692 bits per heavy atom. The second-order valence-corrected chi connectivity index (χ2v) is 8.39. The molecule has 0 N–H and O–H groups in total. The molecule has 154 valence electrons. The minimum atomic E-state index is 0. The zero-order valence-electron chi connectivity index (χ0n) is 15.4. The number of halogens is 6. The molecule has 0 unspecified atom stereocenters. The average molecular weight is 777 g/mol. The van der Waals surface area contributed by atoms with E-state index in [0.29, 0.717) is 0 Å². The van der Waals surface area contributed by atoms with Crippen LogP contribution in [0.3, 0.4) is 0 Å². The molecule has 2 aliphatic carbocycles. The molecule has 8 heteroatoms. The third kappa shape index (κ3) is 19.0. The average Bonchev–Trinajstić information content (AvgIpc) is 3.04. The fourth-order valence-electron chi connectivity index (χ4n) is 2.30. The van der Waals surface area contributed by atoms with Gasteiger partial charge in [-0.2, -0.15) is 0 Å². The van der Waals surface area contributed by atoms with Crippen molar-refractivity contribution in [3.63, 3.8) is 0 Å². The molecule has 0 aromatic carbocycles. The monoisotopic (exact) mass is 770 g/mol. The van der Waals surface area contributed by atoms with Gasteiger partial charge in [0.1, 0.15) is 0 Å². The Hall–Kier alpha value is 3.04. The smallest absolute Gasteiger partial charge is 0.147 e. The van der Waals surface area contributed by atoms with Gasteiger partial charge in [-0.05, 0) is 0 Å². The summed E-state index contributed by atoms with van der Waals surface area (Å²) in [5, 5.41) is 0. The van der Waals surface area contributed by atoms with E-state index in [1.807, 2.05) is 0 Å². The molecule has 2 rings (SSSR count). The molecule has 0 radical (unpaired) electrons. The van der Waals surface area contributed by atoms with Crippen molar-refractivity contribution in [2.24, 2.45) is 0 Å². The van der Waals surface area contributed by atoms with Gasteiger partial charge in [-0.25, -0.2) is 0 Å². The topological polar surface area (TPSA) is 0 Å². The van der Waals surface area contributed by atoms with E-state index < -0.39 is 0 Å². The van der Waals surface area contributed by atoms with Crippen molar-refractivity contribution < 1.29 is 49.4 Å². The van der Waals surface area contributed by atoms with Gasteiger partial charge in [0, 0.05) is 0 Å². The first-order valence-corrected chi connectivity index (χ1v) is 10.3. The fraction of sp³-hybridized carbons (Fsp3) is 0.556. The Morgan fingerprint density at radius 3 is 1.19 bits per heavy atom. The molecular formula is C18H32Br3Cl3Zr2. The van der Waals surface area contributed by atoms with Gasteiger partial charge in [-0.3, -0.25) is 0 Å². The largest absolute Gasteiger partial charge is 0.147 e. The molecule has 0 saturated carbocycles. The van der Waals surface area contributed by atoms with E-state index in [4.69, 9.17) is 0 Å². The zero-order valence-corrected chi connectivity index (χ0v) is 27.9. The molecule has 0 bridgehead atoms. The van der Waals surface area contributed by atoms with Crippen molar-refractivity contribution in [3.8, 4) is 0 Å². The van der Waals surface area contributed by atoms with E-state index in [-0.39, 0.29) is 88.2 Å². The van der Waals surface area contributed by atoms with Gasteiger partial charge < -0.3 is 0 Å². The third-order valence-corrected chi connectivity index (χ3v) is 6.24. The van der Waals surface area contributed by atoms with Crippen LogP contribution in [0.15, 0.2) is 42.0 Å². The molecule has 0 aliphatic heterocycles. The normalized spacial score (nSPS) is 12.9. The summed E-state index contributed by atoms with van der Waals surface area (Å²) < 4.78 is 3.33. The third-order valence-electron chi connectivity index (χ3n) is 3.66. The molecular weight excluding hydrogens is 745 g/mol. The fourth-order valence-corrected chi connectivity index (χ4v) is 3.91. The Balaban J connectivity index is -0.0000000625. The summed E-state index contributed by atoms with van der Waals surface area (Å²) in [6, 6.07) is 0. The molecule has 0 spiro atoms. The van der Waals surface area contributed by atoms with E-state index in [1.165, 1.54) is 51.4 Å². The van der Waals surface area contributed by atoms with Gasteiger partial charge in [0.05, 0.1) is 0 Å². The van der Waals surface area contributed by atoms with Crippen LogP contribution in [0, 0.1) is 0 Å². The van der Waals surface area contributed by atoms with Crippen molar-refractivity contribution in [1.82, 2.24) is 0 Å². The van der Waals surface area contributed by atoms with Crippen LogP contribution in [0.2, 0.25) is 0 Å². The van der Waals surface area contributed by atoms with Crippen LogP contribution in [0.1, 0.15) is 65.2 Å². The molecule has 0 heterocycles. The maximum Gasteiger partial charge on any atom is -0.147 e. The number of allylic oxidation sites excluding steroid dienone is 8. The van der Waals surface area contributed by atoms with Crippen LogP contribution >= 0.6 is 88.2 Å². The van der Waals surface area contributed by atoms with E-state index in [0.717, 1.165) is 0 Å². The molecule has 0 amide bonds. The summed E-state index contributed by atoms with van der Waals surface area (Å²) in [7, 11) is 0. The first-order chi connectivity index (χ1) is 9.69. The summed E-state index contributed by atoms with van der Waals surface area (Å²) >= 11 is 3.22. The first kappa shape index (κ1) is 43.0. The van der Waals surface area contributed by atoms with Crippen LogP contribution in [-0.4, -0.2) is 0 Å². The minimum Gasteiger partial charge on any atom is -0.147 e. The van der Waals surface area contributed by atoms with Gasteiger partial charge in [-0.15, -0.1) is 88.2 Å². The Bertz CT molecular complexity index is 397. The van der Waals surface area contributed by atoms with Crippen LogP contribution in [-0.2, 0) is 49.4 Å². The number of hydrogen-bond acceptors (Lipinski definition) is 0. The Labute approximate surface area is 241 Å². The molecule has 26 heavy (non-hydrogen) atoms. The van der Waals surface area contributed by atoms with Gasteiger partial charge in [0.2, 0.25) is 0 Å². The quantitative estimate of drug-likeness (QED) is 0.253. The van der Waals surface area contributed by atoms with E-state index in [1.54, 1.807) is 67.1 Å².